The van der Waals surface area contributed by atoms with E-state index in [1.54, 1.807) is 0 Å². The zero-order chi connectivity index (χ0) is 11.6. The van der Waals surface area contributed by atoms with Gasteiger partial charge in [0.05, 0.1) is 0 Å². The molecule has 1 nitrogen and oxygen atoms in total. The molecule has 0 aliphatic carbocycles. The maximum Gasteiger partial charge on any atom is 0.380 e. The molecular formula is C9H5BrClF3O. The monoisotopic (exact) mass is 300 g/mol. The minimum Gasteiger partial charge on any atom is -0.291 e. The number of halogens is 5. The van der Waals surface area contributed by atoms with Crippen LogP contribution in [-0.4, -0.2) is 11.2 Å². The predicted octanol–water partition coefficient (Wildman–Crippen LogP) is 3.53. The number of carbonyl (C=O) groups excluding carboxylic acids is 1. The highest BCUT2D eigenvalue weighted by molar-refractivity contribution is 9.10. The van der Waals surface area contributed by atoms with E-state index in [9.17, 15) is 18.0 Å². The van der Waals surface area contributed by atoms with Crippen LogP contribution in [0.4, 0.5) is 13.2 Å². The van der Waals surface area contributed by atoms with Crippen molar-refractivity contribution in [3.63, 3.8) is 0 Å². The van der Waals surface area contributed by atoms with E-state index in [2.05, 4.69) is 27.5 Å². The average molecular weight is 301 g/mol. The summed E-state index contributed by atoms with van der Waals surface area (Å²) in [4.78, 5) is 10.8. The molecule has 1 aromatic carbocycles. The topological polar surface area (TPSA) is 17.1 Å². The molecule has 0 amide bonds. The van der Waals surface area contributed by atoms with Crippen molar-refractivity contribution in [3.8, 4) is 0 Å². The van der Waals surface area contributed by atoms with Crippen LogP contribution in [0.25, 0.3) is 0 Å². The Labute approximate surface area is 97.4 Å². The first-order chi connectivity index (χ1) is 6.79. The normalized spacial score (nSPS) is 11.5. The van der Waals surface area contributed by atoms with Crippen LogP contribution in [-0.2, 0) is 11.2 Å². The molecule has 0 heterocycles. The van der Waals surface area contributed by atoms with Crippen LogP contribution in [0, 0.1) is 5.82 Å². The fourth-order valence-corrected chi connectivity index (χ4v) is 1.58. The molecule has 0 fully saturated rings. The van der Waals surface area contributed by atoms with Crippen LogP contribution >= 0.6 is 27.5 Å². The summed E-state index contributed by atoms with van der Waals surface area (Å²) < 4.78 is 37.8. The number of carbonyl (C=O) groups is 1. The fraction of sp³-hybridized carbons (Fsp3) is 0.222. The Balaban J connectivity index is 2.86. The minimum absolute atomic E-state index is 0.146. The first kappa shape index (κ1) is 12.5. The molecule has 0 bridgehead atoms. The quantitative estimate of drug-likeness (QED) is 0.781. The second kappa shape index (κ2) is 4.53. The minimum atomic E-state index is -3.90. The molecule has 1 rings (SSSR count). The Hall–Kier alpha value is -0.550. The van der Waals surface area contributed by atoms with Gasteiger partial charge in [0.1, 0.15) is 5.82 Å². The van der Waals surface area contributed by atoms with Crippen LogP contribution in [0.5, 0.6) is 0 Å². The van der Waals surface area contributed by atoms with E-state index in [1.807, 2.05) is 0 Å². The van der Waals surface area contributed by atoms with Gasteiger partial charge in [0, 0.05) is 10.9 Å². The highest BCUT2D eigenvalue weighted by Gasteiger charge is 2.35. The van der Waals surface area contributed by atoms with Crippen molar-refractivity contribution >= 4 is 33.3 Å². The molecule has 0 aliphatic heterocycles. The van der Waals surface area contributed by atoms with Gasteiger partial charge in [-0.2, -0.15) is 8.78 Å². The van der Waals surface area contributed by atoms with Crippen LogP contribution in [0.3, 0.4) is 0 Å². The third-order valence-electron chi connectivity index (χ3n) is 1.60. The van der Waals surface area contributed by atoms with E-state index in [-0.39, 0.29) is 5.56 Å². The lowest BCUT2D eigenvalue weighted by Crippen LogP contribution is -2.23. The zero-order valence-corrected chi connectivity index (χ0v) is 9.58. The molecule has 0 atom stereocenters. The first-order valence-electron chi connectivity index (χ1n) is 3.84. The molecule has 0 saturated heterocycles. The number of rotatable bonds is 3. The second-order valence-electron chi connectivity index (χ2n) is 2.88. The van der Waals surface area contributed by atoms with Gasteiger partial charge in [-0.15, -0.1) is 0 Å². The molecule has 0 saturated carbocycles. The molecule has 0 aromatic heterocycles. The van der Waals surface area contributed by atoms with E-state index < -0.39 is 23.4 Å². The largest absolute Gasteiger partial charge is 0.380 e. The van der Waals surface area contributed by atoms with Crippen molar-refractivity contribution in [3.05, 3.63) is 34.1 Å². The van der Waals surface area contributed by atoms with Crippen LogP contribution < -0.4 is 0 Å². The van der Waals surface area contributed by atoms with Gasteiger partial charge in [0.15, 0.2) is 0 Å². The molecule has 1 aromatic rings. The Morgan fingerprint density at radius 3 is 2.47 bits per heavy atom. The van der Waals surface area contributed by atoms with E-state index in [4.69, 9.17) is 0 Å². The standard InChI is InChI=1S/C9H5BrClF3O/c10-6-1-5(2-7(12)4-6)3-8(15)9(11,13)14/h1-2,4H,3H2. The molecule has 0 aliphatic rings. The van der Waals surface area contributed by atoms with Crippen molar-refractivity contribution in [1.29, 1.82) is 0 Å². The molecule has 0 N–H and O–H groups in total. The molecular weight excluding hydrogens is 296 g/mol. The molecule has 82 valence electrons. The summed E-state index contributed by atoms with van der Waals surface area (Å²) in [6, 6.07) is 3.54. The van der Waals surface area contributed by atoms with E-state index in [0.29, 0.717) is 4.47 Å². The SMILES string of the molecule is O=C(Cc1cc(F)cc(Br)c1)C(F)(F)Cl. The summed E-state index contributed by atoms with van der Waals surface area (Å²) in [6.45, 7) is 0. The maximum atomic E-state index is 12.8. The van der Waals surface area contributed by atoms with Gasteiger partial charge in [-0.3, -0.25) is 4.79 Å². The van der Waals surface area contributed by atoms with Crippen molar-refractivity contribution < 1.29 is 18.0 Å². The smallest absolute Gasteiger partial charge is 0.291 e. The number of hydrogen-bond acceptors (Lipinski definition) is 1. The summed E-state index contributed by atoms with van der Waals surface area (Å²) >= 11 is 7.51. The van der Waals surface area contributed by atoms with E-state index in [0.717, 1.165) is 12.1 Å². The van der Waals surface area contributed by atoms with Crippen molar-refractivity contribution in [1.82, 2.24) is 0 Å². The van der Waals surface area contributed by atoms with Gasteiger partial charge in [-0.05, 0) is 35.4 Å². The average Bonchev–Trinajstić information content (AvgIpc) is 1.99. The van der Waals surface area contributed by atoms with E-state index in [1.165, 1.54) is 6.07 Å². The maximum absolute atomic E-state index is 12.8. The van der Waals surface area contributed by atoms with E-state index >= 15 is 0 Å². The first-order valence-corrected chi connectivity index (χ1v) is 5.01. The Morgan fingerprint density at radius 2 is 2.00 bits per heavy atom. The lowest BCUT2D eigenvalue weighted by atomic mass is 10.1. The van der Waals surface area contributed by atoms with Gasteiger partial charge in [-0.25, -0.2) is 4.39 Å². The number of ketones is 1. The molecule has 0 radical (unpaired) electrons. The summed E-state index contributed by atoms with van der Waals surface area (Å²) in [5.74, 6) is -2.06. The van der Waals surface area contributed by atoms with Gasteiger partial charge in [0.25, 0.3) is 0 Å². The Kier molecular flexibility index (Phi) is 3.78. The molecule has 0 unspecified atom stereocenters. The van der Waals surface area contributed by atoms with Crippen molar-refractivity contribution in [2.75, 3.05) is 0 Å². The highest BCUT2D eigenvalue weighted by Crippen LogP contribution is 2.23. The molecule has 15 heavy (non-hydrogen) atoms. The van der Waals surface area contributed by atoms with Crippen LogP contribution in [0.1, 0.15) is 5.56 Å². The van der Waals surface area contributed by atoms with Gasteiger partial charge < -0.3 is 0 Å². The Bertz CT molecular complexity index is 369. The van der Waals surface area contributed by atoms with Gasteiger partial charge in [0.2, 0.25) is 5.78 Å². The van der Waals surface area contributed by atoms with Crippen LogP contribution in [0.15, 0.2) is 22.7 Å². The number of benzene rings is 1. The van der Waals surface area contributed by atoms with Gasteiger partial charge in [-0.1, -0.05) is 15.9 Å². The lowest BCUT2D eigenvalue weighted by Gasteiger charge is -2.06. The third-order valence-corrected chi connectivity index (χ3v) is 2.27. The Morgan fingerprint density at radius 1 is 1.40 bits per heavy atom. The molecule has 0 spiro atoms. The van der Waals surface area contributed by atoms with Crippen LogP contribution in [0.2, 0.25) is 0 Å². The summed E-state index contributed by atoms with van der Waals surface area (Å²) in [6.07, 6.45) is -0.604. The molecule has 6 heteroatoms. The predicted molar refractivity (Wildman–Crippen MR) is 53.6 cm³/mol. The van der Waals surface area contributed by atoms with Gasteiger partial charge >= 0.3 is 5.38 Å². The third kappa shape index (κ3) is 3.83. The fourth-order valence-electron chi connectivity index (χ4n) is 0.999. The second-order valence-corrected chi connectivity index (χ2v) is 4.27. The number of Topliss-reactive ketones (excluding diaryl/α,β-unsaturated/α-hetero) is 1. The number of hydrogen-bond donors (Lipinski definition) is 0. The van der Waals surface area contributed by atoms with Crippen molar-refractivity contribution in [2.45, 2.75) is 11.8 Å². The lowest BCUT2D eigenvalue weighted by molar-refractivity contribution is -0.132. The number of alkyl halides is 3. The summed E-state index contributed by atoms with van der Waals surface area (Å²) in [5, 5.41) is -3.90. The summed E-state index contributed by atoms with van der Waals surface area (Å²) in [7, 11) is 0. The zero-order valence-electron chi connectivity index (χ0n) is 7.24. The summed E-state index contributed by atoms with van der Waals surface area (Å²) in [5.41, 5.74) is 0.146. The highest BCUT2D eigenvalue weighted by atomic mass is 79.9. The van der Waals surface area contributed by atoms with Crippen molar-refractivity contribution in [2.24, 2.45) is 0 Å².